The van der Waals surface area contributed by atoms with E-state index in [2.05, 4.69) is 34.8 Å². The van der Waals surface area contributed by atoms with Crippen molar-refractivity contribution in [3.05, 3.63) is 65.5 Å². The second-order valence-electron chi connectivity index (χ2n) is 7.07. The molecule has 0 bridgehead atoms. The number of amides is 1. The van der Waals surface area contributed by atoms with E-state index in [1.54, 1.807) is 0 Å². The Balaban J connectivity index is 1.99. The van der Waals surface area contributed by atoms with Crippen LogP contribution in [-0.2, 0) is 10.2 Å². The van der Waals surface area contributed by atoms with Gasteiger partial charge in [-0.2, -0.15) is 0 Å². The molecule has 29 heavy (non-hydrogen) atoms. The second kappa shape index (κ2) is 9.95. The first-order chi connectivity index (χ1) is 13.7. The maximum Gasteiger partial charge on any atom is 0.246 e. The van der Waals surface area contributed by atoms with Crippen LogP contribution in [0.15, 0.2) is 47.5 Å². The van der Waals surface area contributed by atoms with Gasteiger partial charge in [0.1, 0.15) is 6.54 Å². The molecular formula is C21H25F3N4O. The summed E-state index contributed by atoms with van der Waals surface area (Å²) in [5.74, 6) is -4.65. The Hall–Kier alpha value is -3.03. The highest BCUT2D eigenvalue weighted by Crippen LogP contribution is 2.21. The van der Waals surface area contributed by atoms with E-state index in [4.69, 9.17) is 0 Å². The summed E-state index contributed by atoms with van der Waals surface area (Å²) < 4.78 is 39.9. The van der Waals surface area contributed by atoms with Crippen molar-refractivity contribution >= 4 is 17.6 Å². The van der Waals surface area contributed by atoms with Crippen molar-refractivity contribution in [1.29, 1.82) is 0 Å². The lowest BCUT2D eigenvalue weighted by Crippen LogP contribution is -2.43. The zero-order valence-electron chi connectivity index (χ0n) is 16.7. The van der Waals surface area contributed by atoms with Crippen LogP contribution in [0.2, 0.25) is 0 Å². The molecule has 0 saturated carbocycles. The van der Waals surface area contributed by atoms with Gasteiger partial charge in [0.05, 0.1) is 5.69 Å². The zero-order chi connectivity index (χ0) is 21.4. The fraction of sp³-hybridized carbons (Fsp3) is 0.333. The van der Waals surface area contributed by atoms with Gasteiger partial charge in [-0.15, -0.1) is 0 Å². The van der Waals surface area contributed by atoms with Gasteiger partial charge in [0.2, 0.25) is 5.91 Å². The number of hydrogen-bond donors (Lipinski definition) is 3. The quantitative estimate of drug-likeness (QED) is 0.374. The molecule has 0 unspecified atom stereocenters. The van der Waals surface area contributed by atoms with Crippen LogP contribution >= 0.6 is 0 Å². The maximum atomic E-state index is 13.7. The third-order valence-corrected chi connectivity index (χ3v) is 4.29. The number of carbonyl (C=O) groups is 1. The zero-order valence-corrected chi connectivity index (χ0v) is 16.7. The number of halogens is 3. The number of nitrogens with zero attached hydrogens (tertiary/aromatic N) is 1. The Kier molecular flexibility index (Phi) is 7.64. The molecule has 0 aliphatic rings. The molecule has 0 heterocycles. The molecule has 0 aliphatic heterocycles. The van der Waals surface area contributed by atoms with Crippen molar-refractivity contribution in [2.75, 3.05) is 25.0 Å². The highest BCUT2D eigenvalue weighted by molar-refractivity contribution is 5.94. The minimum atomic E-state index is -1.63. The molecular weight excluding hydrogens is 381 g/mol. The fourth-order valence-corrected chi connectivity index (χ4v) is 2.60. The molecule has 0 spiro atoms. The Labute approximate surface area is 168 Å². The predicted molar refractivity (Wildman–Crippen MR) is 108 cm³/mol. The maximum absolute atomic E-state index is 13.7. The van der Waals surface area contributed by atoms with Crippen LogP contribution in [0, 0.1) is 17.5 Å². The third kappa shape index (κ3) is 6.23. The molecule has 1 amide bonds. The van der Waals surface area contributed by atoms with Crippen molar-refractivity contribution in [2.45, 2.75) is 26.2 Å². The van der Waals surface area contributed by atoms with E-state index >= 15 is 0 Å². The number of rotatable bonds is 7. The number of aliphatic imine (C=N–C) groups is 1. The lowest BCUT2D eigenvalue weighted by atomic mass is 9.85. The molecule has 0 aliphatic carbocycles. The molecule has 0 saturated heterocycles. The van der Waals surface area contributed by atoms with E-state index in [0.29, 0.717) is 19.0 Å². The van der Waals surface area contributed by atoms with Crippen LogP contribution in [0.1, 0.15) is 26.3 Å². The molecule has 0 fully saturated rings. The number of hydrogen-bond acceptors (Lipinski definition) is 2. The fourth-order valence-electron chi connectivity index (χ4n) is 2.60. The van der Waals surface area contributed by atoms with E-state index < -0.39 is 29.0 Å². The van der Waals surface area contributed by atoms with Crippen molar-refractivity contribution in [3.63, 3.8) is 0 Å². The Morgan fingerprint density at radius 1 is 1.00 bits per heavy atom. The molecule has 0 radical (unpaired) electrons. The number of anilines is 1. The Morgan fingerprint density at radius 3 is 2.34 bits per heavy atom. The Morgan fingerprint density at radius 2 is 1.69 bits per heavy atom. The van der Waals surface area contributed by atoms with Gasteiger partial charge in [-0.1, -0.05) is 44.2 Å². The molecule has 0 aromatic heterocycles. The first kappa shape index (κ1) is 22.3. The topological polar surface area (TPSA) is 65.5 Å². The smallest absolute Gasteiger partial charge is 0.246 e. The first-order valence-corrected chi connectivity index (χ1v) is 9.25. The van der Waals surface area contributed by atoms with Crippen LogP contribution in [0.5, 0.6) is 0 Å². The van der Waals surface area contributed by atoms with Crippen LogP contribution in [0.4, 0.5) is 18.9 Å². The van der Waals surface area contributed by atoms with Crippen LogP contribution in [-0.4, -0.2) is 31.5 Å². The molecule has 2 rings (SSSR count). The standard InChI is InChI=1S/C21H25F3N4O/c1-4-25-20(27-13-21(2,3)14-8-6-5-7-9-14)26-12-17(29)28-16-11-10-15(22)18(23)19(16)24/h5-11H,4,12-13H2,1-3H3,(H,28,29)(H2,25,26,27). The highest BCUT2D eigenvalue weighted by Gasteiger charge is 2.20. The summed E-state index contributed by atoms with van der Waals surface area (Å²) in [6.45, 7) is 6.87. The summed E-state index contributed by atoms with van der Waals surface area (Å²) in [6, 6.07) is 11.7. The monoisotopic (exact) mass is 406 g/mol. The van der Waals surface area contributed by atoms with Gasteiger partial charge in [0.25, 0.3) is 0 Å². The number of guanidine groups is 1. The van der Waals surface area contributed by atoms with E-state index in [1.165, 1.54) is 0 Å². The minimum absolute atomic E-state index is 0.186. The summed E-state index contributed by atoms with van der Waals surface area (Å²) in [5, 5.41) is 8.40. The summed E-state index contributed by atoms with van der Waals surface area (Å²) in [4.78, 5) is 16.2. The molecule has 2 aromatic carbocycles. The van der Waals surface area contributed by atoms with Crippen molar-refractivity contribution in [3.8, 4) is 0 Å². The second-order valence-corrected chi connectivity index (χ2v) is 7.07. The molecule has 0 atom stereocenters. The van der Waals surface area contributed by atoms with Gasteiger partial charge in [0, 0.05) is 18.5 Å². The SMILES string of the molecule is CCNC(=NCC(=O)Nc1ccc(F)c(F)c1F)NCC(C)(C)c1ccccc1. The van der Waals surface area contributed by atoms with Gasteiger partial charge in [-0.3, -0.25) is 4.79 Å². The third-order valence-electron chi connectivity index (χ3n) is 4.29. The van der Waals surface area contributed by atoms with Crippen molar-refractivity contribution in [1.82, 2.24) is 10.6 Å². The van der Waals surface area contributed by atoms with Crippen LogP contribution in [0.25, 0.3) is 0 Å². The molecule has 8 heteroatoms. The van der Waals surface area contributed by atoms with Crippen LogP contribution < -0.4 is 16.0 Å². The van der Waals surface area contributed by atoms with Gasteiger partial charge in [-0.05, 0) is 24.6 Å². The van der Waals surface area contributed by atoms with E-state index in [0.717, 1.165) is 17.7 Å². The largest absolute Gasteiger partial charge is 0.357 e. The van der Waals surface area contributed by atoms with E-state index in [-0.39, 0.29) is 12.0 Å². The Bertz CT molecular complexity index is 870. The summed E-state index contributed by atoms with van der Waals surface area (Å²) >= 11 is 0. The lowest BCUT2D eigenvalue weighted by Gasteiger charge is -2.26. The molecule has 2 aromatic rings. The van der Waals surface area contributed by atoms with Crippen molar-refractivity contribution in [2.24, 2.45) is 4.99 Å². The van der Waals surface area contributed by atoms with Gasteiger partial charge < -0.3 is 16.0 Å². The predicted octanol–water partition coefficient (Wildman–Crippen LogP) is 3.58. The highest BCUT2D eigenvalue weighted by atomic mass is 19.2. The van der Waals surface area contributed by atoms with E-state index in [1.807, 2.05) is 37.3 Å². The van der Waals surface area contributed by atoms with Gasteiger partial charge in [0.15, 0.2) is 23.4 Å². The van der Waals surface area contributed by atoms with Crippen LogP contribution in [0.3, 0.4) is 0 Å². The van der Waals surface area contributed by atoms with E-state index in [9.17, 15) is 18.0 Å². The first-order valence-electron chi connectivity index (χ1n) is 9.25. The van der Waals surface area contributed by atoms with Crippen molar-refractivity contribution < 1.29 is 18.0 Å². The van der Waals surface area contributed by atoms with Gasteiger partial charge in [-0.25, -0.2) is 18.2 Å². The lowest BCUT2D eigenvalue weighted by molar-refractivity contribution is -0.114. The average Bonchev–Trinajstić information content (AvgIpc) is 2.71. The number of benzene rings is 2. The average molecular weight is 406 g/mol. The molecule has 5 nitrogen and oxygen atoms in total. The van der Waals surface area contributed by atoms with Gasteiger partial charge >= 0.3 is 0 Å². The minimum Gasteiger partial charge on any atom is -0.357 e. The summed E-state index contributed by atoms with van der Waals surface area (Å²) in [7, 11) is 0. The number of carbonyl (C=O) groups excluding carboxylic acids is 1. The summed E-state index contributed by atoms with van der Waals surface area (Å²) in [6.07, 6.45) is 0. The normalized spacial score (nSPS) is 11.9. The molecule has 156 valence electrons. The number of nitrogens with one attached hydrogen (secondary N) is 3. The summed E-state index contributed by atoms with van der Waals surface area (Å²) in [5.41, 5.74) is 0.524. The molecule has 3 N–H and O–H groups in total.